The van der Waals surface area contributed by atoms with Crippen LogP contribution in [0.4, 0.5) is 5.69 Å². The molecule has 0 unspecified atom stereocenters. The highest BCUT2D eigenvalue weighted by Crippen LogP contribution is 2.40. The van der Waals surface area contributed by atoms with Crippen molar-refractivity contribution in [2.75, 3.05) is 78.9 Å². The Morgan fingerprint density at radius 1 is 0.694 bits per heavy atom. The molecule has 0 aliphatic carbocycles. The topological polar surface area (TPSA) is 57.2 Å². The molecular weight excluding hydrogens is 515 g/mol. The van der Waals surface area contributed by atoms with E-state index in [4.69, 9.17) is 18.9 Å². The van der Waals surface area contributed by atoms with Gasteiger partial charge < -0.3 is 23.8 Å². The van der Waals surface area contributed by atoms with Crippen LogP contribution in [0, 0.1) is 10.8 Å². The standard InChI is InChI=1S/C27H41NO5S3/c1-24(2)30-14-26(15-31-24)18-34-11-9-28(23-7-5-22(13-29)6-8-23)10-12-35-19-27(21-36-20-26)16-32-25(3,4)33-17-27/h5-8,13H,9-12,14-21H2,1-4H3. The molecule has 0 saturated carbocycles. The van der Waals surface area contributed by atoms with Gasteiger partial charge >= 0.3 is 0 Å². The molecule has 3 saturated heterocycles. The SMILES string of the molecule is CC1(C)OCC2(CO1)CSCCN(c1ccc(C=O)cc1)CCSCC1(COC(C)(C)OC1)CSC2. The number of nitrogens with zero attached hydrogens (tertiary/aromatic N) is 1. The van der Waals surface area contributed by atoms with Crippen LogP contribution in [0.5, 0.6) is 0 Å². The Hall–Kier alpha value is -0.420. The van der Waals surface area contributed by atoms with E-state index in [-0.39, 0.29) is 10.8 Å². The molecule has 0 radical (unpaired) electrons. The Labute approximate surface area is 229 Å². The van der Waals surface area contributed by atoms with E-state index >= 15 is 0 Å². The fraction of sp³-hybridized carbons (Fsp3) is 0.741. The van der Waals surface area contributed by atoms with Gasteiger partial charge in [-0.25, -0.2) is 0 Å². The lowest BCUT2D eigenvalue weighted by Crippen LogP contribution is -2.51. The molecule has 6 nitrogen and oxygen atoms in total. The second kappa shape index (κ2) is 12.2. The van der Waals surface area contributed by atoms with Crippen LogP contribution in [0.15, 0.2) is 24.3 Å². The Kier molecular flexibility index (Phi) is 9.67. The van der Waals surface area contributed by atoms with Crippen molar-refractivity contribution in [3.05, 3.63) is 29.8 Å². The van der Waals surface area contributed by atoms with Crippen molar-refractivity contribution >= 4 is 47.3 Å². The predicted octanol–water partition coefficient (Wildman–Crippen LogP) is 5.06. The van der Waals surface area contributed by atoms with E-state index in [2.05, 4.69) is 17.0 Å². The number of benzene rings is 1. The predicted molar refractivity (Wildman–Crippen MR) is 153 cm³/mol. The highest BCUT2D eigenvalue weighted by atomic mass is 32.2. The lowest BCUT2D eigenvalue weighted by atomic mass is 9.93. The quantitative estimate of drug-likeness (QED) is 0.466. The van der Waals surface area contributed by atoms with E-state index in [1.165, 1.54) is 5.69 Å². The van der Waals surface area contributed by atoms with E-state index in [9.17, 15) is 4.79 Å². The third-order valence-electron chi connectivity index (χ3n) is 6.94. The van der Waals surface area contributed by atoms with Crippen LogP contribution >= 0.6 is 35.3 Å². The molecule has 4 rings (SSSR count). The first-order chi connectivity index (χ1) is 17.1. The van der Waals surface area contributed by atoms with Gasteiger partial charge in [0.25, 0.3) is 0 Å². The van der Waals surface area contributed by atoms with E-state index in [0.717, 1.165) is 80.3 Å². The summed E-state index contributed by atoms with van der Waals surface area (Å²) in [6.45, 7) is 12.8. The average Bonchev–Trinajstić information content (AvgIpc) is 2.86. The van der Waals surface area contributed by atoms with Gasteiger partial charge in [0, 0.05) is 69.7 Å². The molecule has 9 heteroatoms. The third kappa shape index (κ3) is 7.80. The lowest BCUT2D eigenvalue weighted by molar-refractivity contribution is -0.278. The first-order valence-corrected chi connectivity index (χ1v) is 16.2. The number of ether oxygens (including phenoxy) is 4. The lowest BCUT2D eigenvalue weighted by Gasteiger charge is -2.45. The second-order valence-corrected chi connectivity index (χ2v) is 14.4. The molecule has 0 bridgehead atoms. The van der Waals surface area contributed by atoms with Gasteiger partial charge in [-0.1, -0.05) is 0 Å². The highest BCUT2D eigenvalue weighted by Gasteiger charge is 2.43. The number of aldehydes is 1. The van der Waals surface area contributed by atoms with E-state index < -0.39 is 11.6 Å². The smallest absolute Gasteiger partial charge is 0.162 e. The molecule has 2 spiro atoms. The monoisotopic (exact) mass is 555 g/mol. The van der Waals surface area contributed by atoms with Crippen LogP contribution in [0.25, 0.3) is 0 Å². The zero-order chi connectivity index (χ0) is 25.7. The van der Waals surface area contributed by atoms with Gasteiger partial charge in [0.2, 0.25) is 0 Å². The summed E-state index contributed by atoms with van der Waals surface area (Å²) in [5.74, 6) is 5.07. The Morgan fingerprint density at radius 2 is 1.11 bits per heavy atom. The zero-order valence-corrected chi connectivity index (χ0v) is 24.5. The molecule has 0 amide bonds. The Balaban J connectivity index is 1.49. The van der Waals surface area contributed by atoms with Crippen molar-refractivity contribution in [2.24, 2.45) is 10.8 Å². The van der Waals surface area contributed by atoms with Crippen molar-refractivity contribution in [2.45, 2.75) is 39.3 Å². The molecule has 202 valence electrons. The maximum atomic E-state index is 11.1. The van der Waals surface area contributed by atoms with Gasteiger partial charge in [-0.15, -0.1) is 0 Å². The van der Waals surface area contributed by atoms with Crippen molar-refractivity contribution < 1.29 is 23.7 Å². The molecule has 1 aromatic rings. The van der Waals surface area contributed by atoms with Gasteiger partial charge in [0.05, 0.1) is 26.4 Å². The summed E-state index contributed by atoms with van der Waals surface area (Å²) in [6.07, 6.45) is 0.903. The molecule has 0 aromatic heterocycles. The van der Waals surface area contributed by atoms with Crippen molar-refractivity contribution in [1.82, 2.24) is 0 Å². The molecule has 0 N–H and O–H groups in total. The van der Waals surface area contributed by atoms with Gasteiger partial charge in [0.15, 0.2) is 11.6 Å². The van der Waals surface area contributed by atoms with E-state index in [0.29, 0.717) is 5.56 Å². The largest absolute Gasteiger partial charge is 0.370 e. The fourth-order valence-corrected chi connectivity index (χ4v) is 8.59. The van der Waals surface area contributed by atoms with Gasteiger partial charge in [0.1, 0.15) is 6.29 Å². The number of anilines is 1. The van der Waals surface area contributed by atoms with Crippen LogP contribution in [-0.2, 0) is 18.9 Å². The summed E-state index contributed by atoms with van der Waals surface area (Å²) in [4.78, 5) is 13.6. The molecule has 3 aliphatic heterocycles. The number of thioether (sulfide) groups is 3. The minimum Gasteiger partial charge on any atom is -0.370 e. The summed E-state index contributed by atoms with van der Waals surface area (Å²) in [6, 6.07) is 7.95. The Morgan fingerprint density at radius 3 is 1.53 bits per heavy atom. The molecular formula is C27H41NO5S3. The van der Waals surface area contributed by atoms with Gasteiger partial charge in [-0.05, 0) is 52.0 Å². The van der Waals surface area contributed by atoms with Crippen LogP contribution in [-0.4, -0.2) is 91.9 Å². The molecule has 36 heavy (non-hydrogen) atoms. The number of hydrogen-bond acceptors (Lipinski definition) is 9. The number of carbonyl (C=O) groups is 1. The van der Waals surface area contributed by atoms with E-state index in [1.807, 2.05) is 75.1 Å². The first kappa shape index (κ1) is 28.6. The second-order valence-electron chi connectivity index (χ2n) is 11.2. The number of rotatable bonds is 2. The van der Waals surface area contributed by atoms with Crippen molar-refractivity contribution in [3.63, 3.8) is 0 Å². The third-order valence-corrected chi connectivity index (χ3v) is 11.2. The summed E-state index contributed by atoms with van der Waals surface area (Å²) in [5, 5.41) is 0. The minimum absolute atomic E-state index is 0.00457. The summed E-state index contributed by atoms with van der Waals surface area (Å²) in [7, 11) is 0. The summed E-state index contributed by atoms with van der Waals surface area (Å²) < 4.78 is 24.7. The van der Waals surface area contributed by atoms with Gasteiger partial charge in [-0.3, -0.25) is 4.79 Å². The van der Waals surface area contributed by atoms with Crippen molar-refractivity contribution in [3.8, 4) is 0 Å². The minimum atomic E-state index is -0.515. The zero-order valence-electron chi connectivity index (χ0n) is 22.1. The van der Waals surface area contributed by atoms with Crippen LogP contribution in [0.3, 0.4) is 0 Å². The molecule has 0 atom stereocenters. The molecule has 3 aliphatic rings. The normalized spacial score (nSPS) is 26.8. The number of hydrogen-bond donors (Lipinski definition) is 0. The van der Waals surface area contributed by atoms with Gasteiger partial charge in [-0.2, -0.15) is 35.3 Å². The van der Waals surface area contributed by atoms with Crippen molar-refractivity contribution in [1.29, 1.82) is 0 Å². The summed E-state index contributed by atoms with van der Waals surface area (Å²) >= 11 is 5.99. The van der Waals surface area contributed by atoms with Crippen LogP contribution in [0.1, 0.15) is 38.1 Å². The summed E-state index contributed by atoms with van der Waals surface area (Å²) in [5.41, 5.74) is 1.88. The Bertz CT molecular complexity index is 799. The first-order valence-electron chi connectivity index (χ1n) is 12.7. The van der Waals surface area contributed by atoms with Crippen LogP contribution in [0.2, 0.25) is 0 Å². The number of carbonyl (C=O) groups excluding carboxylic acids is 1. The van der Waals surface area contributed by atoms with Crippen LogP contribution < -0.4 is 4.90 Å². The fourth-order valence-electron chi connectivity index (χ4n) is 4.44. The maximum Gasteiger partial charge on any atom is 0.162 e. The average molecular weight is 556 g/mol. The maximum absolute atomic E-state index is 11.1. The highest BCUT2D eigenvalue weighted by molar-refractivity contribution is 8.00. The molecule has 3 fully saturated rings. The molecule has 1 aromatic carbocycles. The molecule has 3 heterocycles. The van der Waals surface area contributed by atoms with E-state index in [1.54, 1.807) is 0 Å².